The fourth-order valence-electron chi connectivity index (χ4n) is 2.03. The maximum Gasteiger partial charge on any atom is 0.274 e. The maximum absolute atomic E-state index is 11.0. The molecule has 1 aromatic heterocycles. The minimum Gasteiger partial charge on any atom is -0.378 e. The van der Waals surface area contributed by atoms with Gasteiger partial charge in [0, 0.05) is 23.4 Å². The van der Waals surface area contributed by atoms with Crippen molar-refractivity contribution in [2.45, 2.75) is 26.8 Å². The van der Waals surface area contributed by atoms with Crippen molar-refractivity contribution in [3.8, 4) is 0 Å². The Hall–Kier alpha value is -1.88. The lowest BCUT2D eigenvalue weighted by Gasteiger charge is -2.16. The highest BCUT2D eigenvalue weighted by molar-refractivity contribution is 7.07. The van der Waals surface area contributed by atoms with Crippen molar-refractivity contribution in [3.63, 3.8) is 0 Å². The molecule has 1 aromatic carbocycles. The van der Waals surface area contributed by atoms with Crippen molar-refractivity contribution >= 4 is 22.7 Å². The molecule has 0 saturated heterocycles. The van der Waals surface area contributed by atoms with Crippen LogP contribution in [0.5, 0.6) is 0 Å². The minimum atomic E-state index is -0.338. The molecule has 0 aliphatic carbocycles. The van der Waals surface area contributed by atoms with Crippen LogP contribution in [-0.4, -0.2) is 4.92 Å². The highest BCUT2D eigenvalue weighted by Gasteiger charge is 2.15. The summed E-state index contributed by atoms with van der Waals surface area (Å²) in [6, 6.07) is 5.65. The molecule has 2 rings (SSSR count). The van der Waals surface area contributed by atoms with Crippen LogP contribution in [0.25, 0.3) is 0 Å². The van der Waals surface area contributed by atoms with E-state index < -0.39 is 0 Å². The van der Waals surface area contributed by atoms with Crippen LogP contribution < -0.4 is 5.32 Å². The molecule has 2 aromatic rings. The van der Waals surface area contributed by atoms with E-state index in [2.05, 4.69) is 16.8 Å². The highest BCUT2D eigenvalue weighted by Crippen LogP contribution is 2.29. The number of thiophene rings is 1. The first-order chi connectivity index (χ1) is 8.99. The van der Waals surface area contributed by atoms with Gasteiger partial charge in [-0.2, -0.15) is 11.3 Å². The average molecular weight is 276 g/mol. The van der Waals surface area contributed by atoms with Crippen LogP contribution in [0.15, 0.2) is 29.0 Å². The summed E-state index contributed by atoms with van der Waals surface area (Å²) >= 11 is 1.64. The van der Waals surface area contributed by atoms with Gasteiger partial charge in [0.05, 0.1) is 4.92 Å². The zero-order valence-electron chi connectivity index (χ0n) is 11.1. The van der Waals surface area contributed by atoms with E-state index in [0.717, 1.165) is 11.3 Å². The van der Waals surface area contributed by atoms with E-state index in [0.29, 0.717) is 5.56 Å². The molecule has 100 valence electrons. The predicted molar refractivity (Wildman–Crippen MR) is 78.9 cm³/mol. The van der Waals surface area contributed by atoms with Gasteiger partial charge in [-0.3, -0.25) is 10.1 Å². The molecule has 0 fully saturated rings. The van der Waals surface area contributed by atoms with Crippen LogP contribution >= 0.6 is 11.3 Å². The lowest BCUT2D eigenvalue weighted by atomic mass is 10.1. The van der Waals surface area contributed by atoms with Crippen LogP contribution in [0.1, 0.15) is 29.7 Å². The average Bonchev–Trinajstić information content (AvgIpc) is 2.85. The van der Waals surface area contributed by atoms with Crippen molar-refractivity contribution in [2.75, 3.05) is 5.32 Å². The van der Waals surface area contributed by atoms with Crippen LogP contribution in [0.2, 0.25) is 0 Å². The van der Waals surface area contributed by atoms with Gasteiger partial charge in [-0.15, -0.1) is 0 Å². The number of nitrogens with zero attached hydrogens (tertiary/aromatic N) is 1. The zero-order chi connectivity index (χ0) is 14.0. The number of anilines is 1. The fourth-order valence-corrected chi connectivity index (χ4v) is 2.79. The molecule has 0 spiro atoms. The van der Waals surface area contributed by atoms with Gasteiger partial charge in [-0.05, 0) is 54.8 Å². The molecule has 19 heavy (non-hydrogen) atoms. The van der Waals surface area contributed by atoms with Crippen molar-refractivity contribution in [2.24, 2.45) is 0 Å². The Bertz CT molecular complexity index is 594. The Balaban J connectivity index is 2.30. The summed E-state index contributed by atoms with van der Waals surface area (Å²) in [4.78, 5) is 10.6. The third kappa shape index (κ3) is 2.93. The SMILES string of the molecule is Cc1cc(C)c([N+](=O)[O-])cc1NC(C)c1ccsc1. The third-order valence-electron chi connectivity index (χ3n) is 3.15. The topological polar surface area (TPSA) is 55.2 Å². The number of hydrogen-bond acceptors (Lipinski definition) is 4. The second-order valence-electron chi connectivity index (χ2n) is 4.63. The van der Waals surface area contributed by atoms with E-state index >= 15 is 0 Å². The zero-order valence-corrected chi connectivity index (χ0v) is 12.0. The van der Waals surface area contributed by atoms with Crippen molar-refractivity contribution in [3.05, 3.63) is 55.8 Å². The molecule has 0 aliphatic heterocycles. The number of benzene rings is 1. The number of hydrogen-bond donors (Lipinski definition) is 1. The largest absolute Gasteiger partial charge is 0.378 e. The van der Waals surface area contributed by atoms with Gasteiger partial charge in [-0.1, -0.05) is 0 Å². The van der Waals surface area contributed by atoms with Crippen molar-refractivity contribution in [1.29, 1.82) is 0 Å². The van der Waals surface area contributed by atoms with Gasteiger partial charge < -0.3 is 5.32 Å². The van der Waals surface area contributed by atoms with E-state index in [-0.39, 0.29) is 16.7 Å². The summed E-state index contributed by atoms with van der Waals surface area (Å²) in [5.41, 5.74) is 3.87. The molecule has 1 atom stereocenters. The predicted octanol–water partition coefficient (Wildman–Crippen LogP) is 4.45. The molecular weight excluding hydrogens is 260 g/mol. The number of nitrogens with one attached hydrogen (secondary N) is 1. The number of nitro groups is 1. The molecule has 1 N–H and O–H groups in total. The van der Waals surface area contributed by atoms with Crippen LogP contribution in [-0.2, 0) is 0 Å². The van der Waals surface area contributed by atoms with Crippen LogP contribution in [0, 0.1) is 24.0 Å². The third-order valence-corrected chi connectivity index (χ3v) is 3.86. The van der Waals surface area contributed by atoms with Gasteiger partial charge >= 0.3 is 0 Å². The Morgan fingerprint density at radius 1 is 1.32 bits per heavy atom. The number of aryl methyl sites for hydroxylation is 2. The maximum atomic E-state index is 11.0. The molecule has 0 saturated carbocycles. The van der Waals surface area contributed by atoms with E-state index in [1.165, 1.54) is 5.56 Å². The van der Waals surface area contributed by atoms with E-state index in [1.54, 1.807) is 24.3 Å². The smallest absolute Gasteiger partial charge is 0.274 e. The summed E-state index contributed by atoms with van der Waals surface area (Å²) in [6.07, 6.45) is 0. The monoisotopic (exact) mass is 276 g/mol. The summed E-state index contributed by atoms with van der Waals surface area (Å²) < 4.78 is 0. The summed E-state index contributed by atoms with van der Waals surface area (Å²) in [7, 11) is 0. The van der Waals surface area contributed by atoms with E-state index in [1.807, 2.05) is 25.3 Å². The van der Waals surface area contributed by atoms with Crippen LogP contribution in [0.4, 0.5) is 11.4 Å². The van der Waals surface area contributed by atoms with E-state index in [9.17, 15) is 10.1 Å². The van der Waals surface area contributed by atoms with Crippen molar-refractivity contribution in [1.82, 2.24) is 0 Å². The first-order valence-electron chi connectivity index (χ1n) is 6.03. The molecule has 0 radical (unpaired) electrons. The van der Waals surface area contributed by atoms with Crippen molar-refractivity contribution < 1.29 is 4.92 Å². The van der Waals surface area contributed by atoms with Gasteiger partial charge in [0.2, 0.25) is 0 Å². The Morgan fingerprint density at radius 2 is 2.05 bits per heavy atom. The fraction of sp³-hybridized carbons (Fsp3) is 0.286. The van der Waals surface area contributed by atoms with Gasteiger partial charge in [0.15, 0.2) is 0 Å². The Labute approximate surface area is 116 Å². The van der Waals surface area contributed by atoms with Gasteiger partial charge in [-0.25, -0.2) is 0 Å². The molecule has 1 unspecified atom stereocenters. The first-order valence-corrected chi connectivity index (χ1v) is 6.97. The number of rotatable bonds is 4. The normalized spacial score (nSPS) is 12.2. The quantitative estimate of drug-likeness (QED) is 0.663. The molecule has 1 heterocycles. The first kappa shape index (κ1) is 13.5. The molecule has 0 aliphatic rings. The Morgan fingerprint density at radius 3 is 2.63 bits per heavy atom. The number of nitro benzene ring substituents is 1. The molecule has 0 amide bonds. The summed E-state index contributed by atoms with van der Waals surface area (Å²) in [5.74, 6) is 0. The van der Waals surface area contributed by atoms with E-state index in [4.69, 9.17) is 0 Å². The Kier molecular flexibility index (Phi) is 3.85. The summed E-state index contributed by atoms with van der Waals surface area (Å²) in [6.45, 7) is 5.77. The standard InChI is InChI=1S/C14H16N2O2S/c1-9-6-10(2)14(16(17)18)7-13(9)15-11(3)12-4-5-19-8-12/h4-8,11,15H,1-3H3. The lowest BCUT2D eigenvalue weighted by molar-refractivity contribution is -0.385. The van der Waals surface area contributed by atoms with Gasteiger partial charge in [0.1, 0.15) is 0 Å². The second-order valence-corrected chi connectivity index (χ2v) is 5.41. The van der Waals surface area contributed by atoms with Gasteiger partial charge in [0.25, 0.3) is 5.69 Å². The van der Waals surface area contributed by atoms with Crippen LogP contribution in [0.3, 0.4) is 0 Å². The highest BCUT2D eigenvalue weighted by atomic mass is 32.1. The molecular formula is C14H16N2O2S. The second kappa shape index (κ2) is 5.40. The molecule has 0 bridgehead atoms. The lowest BCUT2D eigenvalue weighted by Crippen LogP contribution is -2.07. The minimum absolute atomic E-state index is 0.132. The molecule has 4 nitrogen and oxygen atoms in total. The molecule has 5 heteroatoms. The summed E-state index contributed by atoms with van der Waals surface area (Å²) in [5, 5.41) is 18.4.